The summed E-state index contributed by atoms with van der Waals surface area (Å²) in [6.07, 6.45) is -0.741. The molecule has 0 aromatic heterocycles. The number of fused-ring (bicyclic) bond motifs is 1. The van der Waals surface area contributed by atoms with Gasteiger partial charge in [0.25, 0.3) is 0 Å². The highest BCUT2D eigenvalue weighted by molar-refractivity contribution is 5.70. The number of carbonyl (C=O) groups excluding carboxylic acids is 1. The number of amides is 1. The fourth-order valence-corrected chi connectivity index (χ4v) is 2.00. The van der Waals surface area contributed by atoms with Gasteiger partial charge in [-0.15, -0.1) is 0 Å². The molecule has 7 heteroatoms. The van der Waals surface area contributed by atoms with Crippen molar-refractivity contribution < 1.29 is 18.7 Å². The van der Waals surface area contributed by atoms with Crippen LogP contribution in [0.4, 0.5) is 9.18 Å². The molecule has 0 radical (unpaired) electrons. The maximum absolute atomic E-state index is 13.5. The molecule has 3 N–H and O–H groups in total. The number of nitriles is 1. The van der Waals surface area contributed by atoms with E-state index in [0.717, 1.165) is 0 Å². The molecule has 0 bridgehead atoms. The zero-order chi connectivity index (χ0) is 16.5. The zero-order valence-corrected chi connectivity index (χ0v) is 12.4. The quantitative estimate of drug-likeness (QED) is 0.830. The van der Waals surface area contributed by atoms with Crippen molar-refractivity contribution in [3.05, 3.63) is 41.0 Å². The summed E-state index contributed by atoms with van der Waals surface area (Å²) in [5.74, 6) is -0.377. The van der Waals surface area contributed by atoms with Gasteiger partial charge in [0.05, 0.1) is 0 Å². The predicted octanol–water partition coefficient (Wildman–Crippen LogP) is 2.48. The van der Waals surface area contributed by atoms with E-state index in [9.17, 15) is 14.4 Å². The Morgan fingerprint density at radius 3 is 2.77 bits per heavy atom. The molecule has 1 heterocycles. The third-order valence-electron chi connectivity index (χ3n) is 2.84. The van der Waals surface area contributed by atoms with Crippen LogP contribution in [0.25, 0.3) is 0 Å². The van der Waals surface area contributed by atoms with E-state index in [0.29, 0.717) is 5.56 Å². The lowest BCUT2D eigenvalue weighted by atomic mass is 9.96. The molecule has 0 unspecified atom stereocenters. The molecule has 1 aliphatic rings. The van der Waals surface area contributed by atoms with Crippen molar-refractivity contribution in [2.75, 3.05) is 0 Å². The Balaban J connectivity index is 2.37. The molecular formula is C15H16FN3O3. The maximum atomic E-state index is 13.5. The highest BCUT2D eigenvalue weighted by Gasteiger charge is 2.32. The molecule has 22 heavy (non-hydrogen) atoms. The molecule has 1 aromatic rings. The summed E-state index contributed by atoms with van der Waals surface area (Å²) in [7, 11) is 0. The molecule has 0 saturated heterocycles. The third-order valence-corrected chi connectivity index (χ3v) is 2.84. The minimum Gasteiger partial charge on any atom is -0.444 e. The van der Waals surface area contributed by atoms with Crippen LogP contribution in [0.2, 0.25) is 0 Å². The van der Waals surface area contributed by atoms with Crippen molar-refractivity contribution >= 4 is 6.09 Å². The molecule has 0 saturated carbocycles. The van der Waals surface area contributed by atoms with Crippen LogP contribution in [0.5, 0.6) is 5.75 Å². The van der Waals surface area contributed by atoms with Crippen LogP contribution < -0.4 is 15.8 Å². The second-order valence-corrected chi connectivity index (χ2v) is 5.75. The number of rotatable bonds is 1. The van der Waals surface area contributed by atoms with Gasteiger partial charge in [-0.25, -0.2) is 9.18 Å². The summed E-state index contributed by atoms with van der Waals surface area (Å²) < 4.78 is 23.9. The van der Waals surface area contributed by atoms with Crippen LogP contribution >= 0.6 is 0 Å². The Kier molecular flexibility index (Phi) is 3.95. The average Bonchev–Trinajstić information content (AvgIpc) is 2.37. The molecule has 2 rings (SSSR count). The van der Waals surface area contributed by atoms with Crippen LogP contribution in [-0.2, 0) is 4.74 Å². The first kappa shape index (κ1) is 15.6. The van der Waals surface area contributed by atoms with E-state index in [1.54, 1.807) is 20.8 Å². The lowest BCUT2D eigenvalue weighted by molar-refractivity contribution is 0.0510. The zero-order valence-electron chi connectivity index (χ0n) is 12.4. The molecule has 0 aliphatic carbocycles. The van der Waals surface area contributed by atoms with Crippen molar-refractivity contribution in [3.8, 4) is 11.8 Å². The number of halogens is 1. The van der Waals surface area contributed by atoms with Crippen molar-refractivity contribution in [2.24, 2.45) is 5.73 Å². The van der Waals surface area contributed by atoms with Gasteiger partial charge in [0.1, 0.15) is 34.9 Å². The van der Waals surface area contributed by atoms with E-state index in [4.69, 9.17) is 15.2 Å². The number of hydrogen-bond donors (Lipinski definition) is 2. The van der Waals surface area contributed by atoms with E-state index in [1.165, 1.54) is 18.2 Å². The predicted molar refractivity (Wildman–Crippen MR) is 76.0 cm³/mol. The molecule has 0 fully saturated rings. The lowest BCUT2D eigenvalue weighted by Gasteiger charge is -2.28. The number of carbonyl (C=O) groups is 1. The van der Waals surface area contributed by atoms with Crippen LogP contribution in [-0.4, -0.2) is 11.7 Å². The van der Waals surface area contributed by atoms with E-state index in [2.05, 4.69) is 5.32 Å². The van der Waals surface area contributed by atoms with E-state index in [-0.39, 0.29) is 17.2 Å². The molecule has 1 aromatic carbocycles. The first-order valence-electron chi connectivity index (χ1n) is 6.58. The smallest absolute Gasteiger partial charge is 0.408 e. The van der Waals surface area contributed by atoms with Gasteiger partial charge < -0.3 is 20.5 Å². The van der Waals surface area contributed by atoms with Gasteiger partial charge in [-0.2, -0.15) is 5.26 Å². The Bertz CT molecular complexity index is 686. The second kappa shape index (κ2) is 5.56. The topological polar surface area (TPSA) is 97.4 Å². The van der Waals surface area contributed by atoms with Gasteiger partial charge in [0, 0.05) is 5.56 Å². The monoisotopic (exact) mass is 305 g/mol. The van der Waals surface area contributed by atoms with Gasteiger partial charge in [-0.05, 0) is 39.0 Å². The number of hydrogen-bond acceptors (Lipinski definition) is 5. The fourth-order valence-electron chi connectivity index (χ4n) is 2.00. The highest BCUT2D eigenvalue weighted by atomic mass is 19.1. The van der Waals surface area contributed by atoms with Crippen molar-refractivity contribution in [3.63, 3.8) is 0 Å². The largest absolute Gasteiger partial charge is 0.444 e. The summed E-state index contributed by atoms with van der Waals surface area (Å²) in [5.41, 5.74) is 5.27. The number of benzene rings is 1. The first-order chi connectivity index (χ1) is 10.2. The van der Waals surface area contributed by atoms with Crippen molar-refractivity contribution in [1.82, 2.24) is 5.32 Å². The van der Waals surface area contributed by atoms with Gasteiger partial charge in [-0.1, -0.05) is 0 Å². The maximum Gasteiger partial charge on any atom is 0.408 e. The molecule has 0 spiro atoms. The third kappa shape index (κ3) is 3.28. The van der Waals surface area contributed by atoms with Crippen LogP contribution in [0.1, 0.15) is 32.4 Å². The Morgan fingerprint density at radius 1 is 1.50 bits per heavy atom. The summed E-state index contributed by atoms with van der Waals surface area (Å²) in [5, 5.41) is 11.7. The molecular weight excluding hydrogens is 289 g/mol. The molecule has 1 aliphatic heterocycles. The second-order valence-electron chi connectivity index (χ2n) is 5.75. The molecule has 6 nitrogen and oxygen atoms in total. The Morgan fingerprint density at radius 2 is 2.18 bits per heavy atom. The number of ether oxygens (including phenoxy) is 2. The lowest BCUT2D eigenvalue weighted by Crippen LogP contribution is -2.37. The SMILES string of the molecule is CC(C)(C)OC(=O)N[C@H]1C(C#N)=C(N)Oc2ccc(F)cc21. The standard InChI is InChI=1S/C15H16FN3O3/c1-15(2,3)22-14(20)19-12-9-6-8(16)4-5-11(9)21-13(18)10(12)7-17/h4-6,12H,18H2,1-3H3,(H,19,20)/t12-/m1/s1. The van der Waals surface area contributed by atoms with Gasteiger partial charge in [-0.3, -0.25) is 0 Å². The van der Waals surface area contributed by atoms with Gasteiger partial charge >= 0.3 is 6.09 Å². The molecule has 1 atom stereocenters. The number of alkyl carbamates (subject to hydrolysis) is 1. The van der Waals surface area contributed by atoms with E-state index >= 15 is 0 Å². The Labute approximate surface area is 127 Å². The molecule has 116 valence electrons. The van der Waals surface area contributed by atoms with Gasteiger partial charge in [0.15, 0.2) is 0 Å². The number of nitrogens with two attached hydrogens (primary N) is 1. The minimum absolute atomic E-state index is 0.0102. The Hall–Kier alpha value is -2.75. The average molecular weight is 305 g/mol. The van der Waals surface area contributed by atoms with Gasteiger partial charge in [0.2, 0.25) is 5.88 Å². The van der Waals surface area contributed by atoms with E-state index in [1.807, 2.05) is 6.07 Å². The number of nitrogens with one attached hydrogen (secondary N) is 1. The minimum atomic E-state index is -0.931. The van der Waals surface area contributed by atoms with Crippen LogP contribution in [0.15, 0.2) is 29.7 Å². The van der Waals surface area contributed by atoms with Crippen LogP contribution in [0, 0.1) is 17.1 Å². The highest BCUT2D eigenvalue weighted by Crippen LogP contribution is 2.36. The van der Waals surface area contributed by atoms with E-state index < -0.39 is 23.6 Å². The van der Waals surface area contributed by atoms with Crippen molar-refractivity contribution in [1.29, 1.82) is 5.26 Å². The molecule has 1 amide bonds. The first-order valence-corrected chi connectivity index (χ1v) is 6.58. The summed E-state index contributed by atoms with van der Waals surface area (Å²) in [4.78, 5) is 11.9. The summed E-state index contributed by atoms with van der Waals surface area (Å²) in [6.45, 7) is 5.12. The van der Waals surface area contributed by atoms with Crippen molar-refractivity contribution in [2.45, 2.75) is 32.4 Å². The fraction of sp³-hybridized carbons (Fsp3) is 0.333. The summed E-state index contributed by atoms with van der Waals surface area (Å²) in [6, 6.07) is 4.71. The van der Waals surface area contributed by atoms with Crippen LogP contribution in [0.3, 0.4) is 0 Å². The summed E-state index contributed by atoms with van der Waals surface area (Å²) >= 11 is 0. The number of nitrogens with zero attached hydrogens (tertiary/aromatic N) is 1. The normalized spacial score (nSPS) is 17.1.